The average molecular weight is 402 g/mol. The van der Waals surface area contributed by atoms with Crippen LogP contribution in [0.15, 0.2) is 12.1 Å². The highest BCUT2D eigenvalue weighted by atomic mass is 19.1. The van der Waals surface area contributed by atoms with Gasteiger partial charge in [-0.2, -0.15) is 10.2 Å². The minimum absolute atomic E-state index is 0.00424. The van der Waals surface area contributed by atoms with Gasteiger partial charge in [-0.05, 0) is 18.9 Å². The van der Waals surface area contributed by atoms with Gasteiger partial charge in [0.25, 0.3) is 6.30 Å². The van der Waals surface area contributed by atoms with Gasteiger partial charge in [-0.3, -0.25) is 4.79 Å². The zero-order valence-corrected chi connectivity index (χ0v) is 16.5. The first-order chi connectivity index (χ1) is 13.9. The Kier molecular flexibility index (Phi) is 6.16. The molecule has 1 aromatic carbocycles. The third kappa shape index (κ3) is 4.56. The Morgan fingerprint density at radius 3 is 2.72 bits per heavy atom. The molecule has 154 valence electrons. The van der Waals surface area contributed by atoms with Crippen LogP contribution >= 0.6 is 0 Å². The van der Waals surface area contributed by atoms with E-state index in [1.807, 2.05) is 4.90 Å². The van der Waals surface area contributed by atoms with Crippen molar-refractivity contribution in [1.29, 1.82) is 5.26 Å². The molecule has 2 N–H and O–H groups in total. The SMILES string of the molecule is COc1cc2nc(N[C@H](F)C#N)nc(N3CCC[C@@H](NC(C)=O)C3)c2cc1OC. The number of halogens is 1. The molecule has 1 aliphatic rings. The van der Waals surface area contributed by atoms with E-state index in [-0.39, 0.29) is 17.9 Å². The van der Waals surface area contributed by atoms with Crippen LogP contribution in [0.3, 0.4) is 0 Å². The van der Waals surface area contributed by atoms with E-state index in [9.17, 15) is 9.18 Å². The van der Waals surface area contributed by atoms with Crippen LogP contribution in [0.25, 0.3) is 10.9 Å². The quantitative estimate of drug-likeness (QED) is 0.706. The van der Waals surface area contributed by atoms with Gasteiger partial charge >= 0.3 is 0 Å². The van der Waals surface area contributed by atoms with Crippen molar-refractivity contribution < 1.29 is 18.7 Å². The molecule has 2 heterocycles. The lowest BCUT2D eigenvalue weighted by Crippen LogP contribution is -2.47. The second kappa shape index (κ2) is 8.77. The van der Waals surface area contributed by atoms with Crippen LogP contribution in [-0.4, -0.2) is 55.5 Å². The zero-order valence-electron chi connectivity index (χ0n) is 16.5. The van der Waals surface area contributed by atoms with E-state index in [0.717, 1.165) is 12.8 Å². The molecular weight excluding hydrogens is 379 g/mol. The van der Waals surface area contributed by atoms with Crippen molar-refractivity contribution in [2.24, 2.45) is 0 Å². The monoisotopic (exact) mass is 402 g/mol. The number of carbonyl (C=O) groups excluding carboxylic acids is 1. The molecule has 0 radical (unpaired) electrons. The second-order valence-corrected chi connectivity index (χ2v) is 6.72. The lowest BCUT2D eigenvalue weighted by molar-refractivity contribution is -0.119. The molecule has 0 saturated carbocycles. The molecular formula is C19H23FN6O3. The van der Waals surface area contributed by atoms with E-state index in [1.165, 1.54) is 27.2 Å². The molecule has 0 spiro atoms. The van der Waals surface area contributed by atoms with Crippen LogP contribution < -0.4 is 25.0 Å². The van der Waals surface area contributed by atoms with Crippen LogP contribution in [0.2, 0.25) is 0 Å². The Bertz CT molecular complexity index is 948. The number of nitrogens with one attached hydrogen (secondary N) is 2. The summed E-state index contributed by atoms with van der Waals surface area (Å²) >= 11 is 0. The molecule has 0 aliphatic carbocycles. The zero-order chi connectivity index (χ0) is 21.0. The number of fused-ring (bicyclic) bond motifs is 1. The molecule has 1 fully saturated rings. The van der Waals surface area contributed by atoms with E-state index in [1.54, 1.807) is 12.1 Å². The first kappa shape index (κ1) is 20.4. The first-order valence-electron chi connectivity index (χ1n) is 9.21. The molecule has 2 aromatic rings. The number of piperidine rings is 1. The smallest absolute Gasteiger partial charge is 0.259 e. The number of anilines is 2. The number of nitrogens with zero attached hydrogens (tertiary/aromatic N) is 4. The van der Waals surface area contributed by atoms with Crippen molar-refractivity contribution in [3.05, 3.63) is 12.1 Å². The van der Waals surface area contributed by atoms with E-state index in [4.69, 9.17) is 14.7 Å². The van der Waals surface area contributed by atoms with Gasteiger partial charge in [-0.1, -0.05) is 0 Å². The second-order valence-electron chi connectivity index (χ2n) is 6.72. The molecule has 0 bridgehead atoms. The van der Waals surface area contributed by atoms with Gasteiger partial charge in [0.05, 0.1) is 19.7 Å². The minimum atomic E-state index is -1.94. The molecule has 0 unspecified atom stereocenters. The highest BCUT2D eigenvalue weighted by Gasteiger charge is 2.25. The van der Waals surface area contributed by atoms with Crippen LogP contribution in [0.4, 0.5) is 16.2 Å². The van der Waals surface area contributed by atoms with Gasteiger partial charge in [0.15, 0.2) is 11.5 Å². The number of carbonyl (C=O) groups is 1. The van der Waals surface area contributed by atoms with Crippen molar-refractivity contribution in [3.63, 3.8) is 0 Å². The number of aromatic nitrogens is 2. The third-order valence-electron chi connectivity index (χ3n) is 4.68. The van der Waals surface area contributed by atoms with E-state index in [0.29, 0.717) is 41.3 Å². The minimum Gasteiger partial charge on any atom is -0.493 e. The van der Waals surface area contributed by atoms with Crippen molar-refractivity contribution >= 4 is 28.6 Å². The van der Waals surface area contributed by atoms with Gasteiger partial charge in [0.2, 0.25) is 11.9 Å². The lowest BCUT2D eigenvalue weighted by atomic mass is 10.0. The number of benzene rings is 1. The van der Waals surface area contributed by atoms with Gasteiger partial charge in [0, 0.05) is 37.5 Å². The maximum Gasteiger partial charge on any atom is 0.259 e. The molecule has 2 atom stereocenters. The Labute approximate surface area is 167 Å². The Morgan fingerprint density at radius 2 is 2.07 bits per heavy atom. The van der Waals surface area contributed by atoms with Gasteiger partial charge in [0.1, 0.15) is 11.9 Å². The standard InChI is InChI=1S/C19H23FN6O3/c1-11(27)22-12-5-4-6-26(10-12)18-13-7-15(28-2)16(29-3)8-14(13)23-19(25-18)24-17(20)9-21/h7-8,12,17H,4-6,10H2,1-3H3,(H,22,27)(H,23,24,25)/t12-,17+/m1/s1. The summed E-state index contributed by atoms with van der Waals surface area (Å²) in [7, 11) is 3.05. The summed E-state index contributed by atoms with van der Waals surface area (Å²) in [6.45, 7) is 2.76. The Hall–Kier alpha value is -3.35. The van der Waals surface area contributed by atoms with Crippen LogP contribution in [-0.2, 0) is 4.79 Å². The number of rotatable bonds is 6. The number of amides is 1. The maximum absolute atomic E-state index is 13.6. The summed E-state index contributed by atoms with van der Waals surface area (Å²) < 4.78 is 24.3. The van der Waals surface area contributed by atoms with E-state index >= 15 is 0 Å². The van der Waals surface area contributed by atoms with Crippen molar-refractivity contribution in [2.75, 3.05) is 37.5 Å². The van der Waals surface area contributed by atoms with Crippen molar-refractivity contribution in [2.45, 2.75) is 32.1 Å². The number of alkyl halides is 1. The molecule has 29 heavy (non-hydrogen) atoms. The van der Waals surface area contributed by atoms with Crippen LogP contribution in [0.1, 0.15) is 19.8 Å². The van der Waals surface area contributed by atoms with Crippen LogP contribution in [0, 0.1) is 11.3 Å². The predicted octanol–water partition coefficient (Wildman–Crippen LogP) is 1.98. The number of ether oxygens (including phenoxy) is 2. The summed E-state index contributed by atoms with van der Waals surface area (Å²) in [6, 6.07) is 4.90. The molecule has 9 nitrogen and oxygen atoms in total. The number of hydrogen-bond donors (Lipinski definition) is 2. The van der Waals surface area contributed by atoms with E-state index in [2.05, 4.69) is 20.6 Å². The predicted molar refractivity (Wildman–Crippen MR) is 106 cm³/mol. The fourth-order valence-corrected chi connectivity index (χ4v) is 3.47. The third-order valence-corrected chi connectivity index (χ3v) is 4.68. The Morgan fingerprint density at radius 1 is 1.34 bits per heavy atom. The molecule has 1 amide bonds. The molecule has 1 aromatic heterocycles. The van der Waals surface area contributed by atoms with Crippen molar-refractivity contribution in [3.8, 4) is 17.6 Å². The molecule has 1 saturated heterocycles. The average Bonchev–Trinajstić information content (AvgIpc) is 2.71. The largest absolute Gasteiger partial charge is 0.493 e. The summed E-state index contributed by atoms with van der Waals surface area (Å²) in [6.07, 6.45) is -0.215. The van der Waals surface area contributed by atoms with Crippen LogP contribution in [0.5, 0.6) is 11.5 Å². The molecule has 3 rings (SSSR count). The van der Waals surface area contributed by atoms with E-state index < -0.39 is 6.30 Å². The number of hydrogen-bond acceptors (Lipinski definition) is 8. The number of methoxy groups -OCH3 is 2. The summed E-state index contributed by atoms with van der Waals surface area (Å²) in [4.78, 5) is 22.3. The van der Waals surface area contributed by atoms with Crippen molar-refractivity contribution in [1.82, 2.24) is 15.3 Å². The summed E-state index contributed by atoms with van der Waals surface area (Å²) in [5, 5.41) is 14.8. The fraction of sp³-hybridized carbons (Fsp3) is 0.474. The topological polar surface area (TPSA) is 112 Å². The normalized spacial score (nSPS) is 17.3. The summed E-state index contributed by atoms with van der Waals surface area (Å²) in [5.74, 6) is 1.46. The van der Waals surface area contributed by atoms with Gasteiger partial charge in [-0.15, -0.1) is 0 Å². The first-order valence-corrected chi connectivity index (χ1v) is 9.21. The molecule has 10 heteroatoms. The Balaban J connectivity index is 2.09. The highest BCUT2D eigenvalue weighted by Crippen LogP contribution is 2.36. The lowest BCUT2D eigenvalue weighted by Gasteiger charge is -2.34. The van der Waals surface area contributed by atoms with Gasteiger partial charge < -0.3 is 25.0 Å². The maximum atomic E-state index is 13.6. The fourth-order valence-electron chi connectivity index (χ4n) is 3.47. The highest BCUT2D eigenvalue weighted by molar-refractivity contribution is 5.93. The summed E-state index contributed by atoms with van der Waals surface area (Å²) in [5.41, 5.74) is 0.516. The molecule has 1 aliphatic heterocycles. The number of nitriles is 1. The van der Waals surface area contributed by atoms with Gasteiger partial charge in [-0.25, -0.2) is 9.37 Å².